The van der Waals surface area contributed by atoms with Crippen LogP contribution in [-0.4, -0.2) is 33.9 Å². The van der Waals surface area contributed by atoms with Gasteiger partial charge in [0.15, 0.2) is 0 Å². The number of rotatable bonds is 3. The lowest BCUT2D eigenvalue weighted by molar-refractivity contribution is 0.0630. The summed E-state index contributed by atoms with van der Waals surface area (Å²) in [5, 5.41) is 0.558. The van der Waals surface area contributed by atoms with Crippen LogP contribution < -0.4 is 0 Å². The fourth-order valence-corrected chi connectivity index (χ4v) is 4.43. The summed E-state index contributed by atoms with van der Waals surface area (Å²) >= 11 is 6.67. The summed E-state index contributed by atoms with van der Waals surface area (Å²) in [4.78, 5) is 23.9. The van der Waals surface area contributed by atoms with Crippen LogP contribution in [0, 0.1) is 5.41 Å². The maximum absolute atomic E-state index is 13.0. The standard InChI is InChI=1S/C28H32ClN3O/c1-27(2,3)25-16-19(8-11-31-25)21-14-22(18-30-17-21)23-7-6-20(15-24(23)29)26(33)32-12-9-28(4,5)10-13-32/h6-8,11,14-18H,9-10,12-13H2,1-5H3. The van der Waals surface area contributed by atoms with E-state index >= 15 is 0 Å². The lowest BCUT2D eigenvalue weighted by atomic mass is 9.82. The summed E-state index contributed by atoms with van der Waals surface area (Å²) in [6.45, 7) is 12.6. The molecule has 0 atom stereocenters. The van der Waals surface area contributed by atoms with Crippen LogP contribution in [0.25, 0.3) is 22.3 Å². The Morgan fingerprint density at radius 2 is 1.67 bits per heavy atom. The molecule has 33 heavy (non-hydrogen) atoms. The van der Waals surface area contributed by atoms with Gasteiger partial charge in [0, 0.05) is 70.1 Å². The van der Waals surface area contributed by atoms with Gasteiger partial charge in [0.25, 0.3) is 5.91 Å². The van der Waals surface area contributed by atoms with E-state index in [1.807, 2.05) is 41.7 Å². The molecule has 0 bridgehead atoms. The van der Waals surface area contributed by atoms with Crippen molar-refractivity contribution in [2.45, 2.75) is 52.9 Å². The van der Waals surface area contributed by atoms with Crippen molar-refractivity contribution in [1.82, 2.24) is 14.9 Å². The minimum absolute atomic E-state index is 0.0309. The van der Waals surface area contributed by atoms with Crippen molar-refractivity contribution in [3.63, 3.8) is 0 Å². The molecule has 4 nitrogen and oxygen atoms in total. The molecule has 172 valence electrons. The molecule has 0 aliphatic carbocycles. The third kappa shape index (κ3) is 5.27. The van der Waals surface area contributed by atoms with Gasteiger partial charge in [-0.3, -0.25) is 14.8 Å². The van der Waals surface area contributed by atoms with Crippen molar-refractivity contribution in [3.8, 4) is 22.3 Å². The van der Waals surface area contributed by atoms with E-state index in [4.69, 9.17) is 11.6 Å². The van der Waals surface area contributed by atoms with Gasteiger partial charge in [-0.2, -0.15) is 0 Å². The second-order valence-corrected chi connectivity index (χ2v) is 11.2. The van der Waals surface area contributed by atoms with Gasteiger partial charge in [-0.05, 0) is 54.2 Å². The molecule has 0 N–H and O–H groups in total. The number of carbonyl (C=O) groups excluding carboxylic acids is 1. The number of benzene rings is 1. The number of aromatic nitrogens is 2. The molecular weight excluding hydrogens is 430 g/mol. The predicted molar refractivity (Wildman–Crippen MR) is 136 cm³/mol. The Bertz CT molecular complexity index is 1170. The summed E-state index contributed by atoms with van der Waals surface area (Å²) in [5.74, 6) is 0.0531. The highest BCUT2D eigenvalue weighted by molar-refractivity contribution is 6.33. The highest BCUT2D eigenvalue weighted by Crippen LogP contribution is 2.34. The SMILES string of the molecule is CC1(C)CCN(C(=O)c2ccc(-c3cncc(-c4ccnc(C(C)(C)C)c4)c3)c(Cl)c2)CC1. The lowest BCUT2D eigenvalue weighted by Crippen LogP contribution is -2.41. The first-order valence-corrected chi connectivity index (χ1v) is 11.9. The fourth-order valence-electron chi connectivity index (χ4n) is 4.15. The van der Waals surface area contributed by atoms with Gasteiger partial charge < -0.3 is 4.90 Å². The number of halogens is 1. The van der Waals surface area contributed by atoms with Gasteiger partial charge in [-0.15, -0.1) is 0 Å². The Kier molecular flexibility index (Phi) is 6.32. The zero-order valence-electron chi connectivity index (χ0n) is 20.2. The molecule has 0 saturated carbocycles. The van der Waals surface area contributed by atoms with Gasteiger partial charge >= 0.3 is 0 Å². The topological polar surface area (TPSA) is 46.1 Å². The second-order valence-electron chi connectivity index (χ2n) is 10.8. The molecule has 1 fully saturated rings. The number of pyridine rings is 2. The third-order valence-corrected chi connectivity index (χ3v) is 6.84. The van der Waals surface area contributed by atoms with Crippen molar-refractivity contribution < 1.29 is 4.79 Å². The van der Waals surface area contributed by atoms with Crippen molar-refractivity contribution >= 4 is 17.5 Å². The number of hydrogen-bond donors (Lipinski definition) is 0. The number of likely N-dealkylation sites (tertiary alicyclic amines) is 1. The van der Waals surface area contributed by atoms with Crippen LogP contribution in [0.3, 0.4) is 0 Å². The maximum atomic E-state index is 13.0. The Morgan fingerprint density at radius 1 is 0.970 bits per heavy atom. The Morgan fingerprint density at radius 3 is 2.33 bits per heavy atom. The Balaban J connectivity index is 1.59. The van der Waals surface area contributed by atoms with E-state index in [-0.39, 0.29) is 11.3 Å². The molecule has 2 aromatic heterocycles. The number of nitrogens with zero attached hydrogens (tertiary/aromatic N) is 3. The lowest BCUT2D eigenvalue weighted by Gasteiger charge is -2.37. The van der Waals surface area contributed by atoms with Gasteiger partial charge in [0.1, 0.15) is 0 Å². The van der Waals surface area contributed by atoms with Gasteiger partial charge in [-0.1, -0.05) is 52.3 Å². The van der Waals surface area contributed by atoms with E-state index in [9.17, 15) is 4.79 Å². The first-order valence-electron chi connectivity index (χ1n) is 11.5. The third-order valence-electron chi connectivity index (χ3n) is 6.53. The highest BCUT2D eigenvalue weighted by atomic mass is 35.5. The zero-order chi connectivity index (χ0) is 23.8. The molecule has 5 heteroatoms. The van der Waals surface area contributed by atoms with E-state index in [1.54, 1.807) is 6.07 Å². The van der Waals surface area contributed by atoms with Gasteiger partial charge in [-0.25, -0.2) is 0 Å². The predicted octanol–water partition coefficient (Wildman–Crippen LogP) is 7.02. The smallest absolute Gasteiger partial charge is 0.253 e. The van der Waals surface area contributed by atoms with Crippen LogP contribution in [0.1, 0.15) is 63.5 Å². The van der Waals surface area contributed by atoms with Crippen LogP contribution in [0.4, 0.5) is 0 Å². The molecule has 4 rings (SSSR count). The van der Waals surface area contributed by atoms with Crippen LogP contribution >= 0.6 is 11.6 Å². The molecule has 3 aromatic rings. The average Bonchev–Trinajstić information content (AvgIpc) is 2.78. The van der Waals surface area contributed by atoms with Crippen molar-refractivity contribution in [3.05, 3.63) is 71.3 Å². The Labute approximate surface area is 202 Å². The molecule has 0 unspecified atom stereocenters. The van der Waals surface area contributed by atoms with Gasteiger partial charge in [0.05, 0.1) is 0 Å². The monoisotopic (exact) mass is 461 g/mol. The number of piperidine rings is 1. The highest BCUT2D eigenvalue weighted by Gasteiger charge is 2.28. The first kappa shape index (κ1) is 23.4. The summed E-state index contributed by atoms with van der Waals surface area (Å²) in [6, 6.07) is 11.8. The van der Waals surface area contributed by atoms with Crippen molar-refractivity contribution in [2.75, 3.05) is 13.1 Å². The van der Waals surface area contributed by atoms with E-state index in [0.717, 1.165) is 53.9 Å². The quantitative estimate of drug-likeness (QED) is 0.420. The van der Waals surface area contributed by atoms with Crippen LogP contribution in [0.5, 0.6) is 0 Å². The van der Waals surface area contributed by atoms with Crippen LogP contribution in [0.2, 0.25) is 5.02 Å². The average molecular weight is 462 g/mol. The summed E-state index contributed by atoms with van der Waals surface area (Å²) < 4.78 is 0. The largest absolute Gasteiger partial charge is 0.339 e. The molecule has 0 radical (unpaired) electrons. The summed E-state index contributed by atoms with van der Waals surface area (Å²) in [5.41, 5.74) is 5.81. The molecule has 1 aliphatic rings. The van der Waals surface area contributed by atoms with Crippen molar-refractivity contribution in [1.29, 1.82) is 0 Å². The summed E-state index contributed by atoms with van der Waals surface area (Å²) in [6.07, 6.45) is 7.56. The molecule has 1 amide bonds. The maximum Gasteiger partial charge on any atom is 0.253 e. The Hall–Kier alpha value is -2.72. The fraction of sp³-hybridized carbons (Fsp3) is 0.393. The molecule has 3 heterocycles. The normalized spacial score (nSPS) is 16.0. The van der Waals surface area contributed by atoms with E-state index in [2.05, 4.69) is 56.7 Å². The first-order chi connectivity index (χ1) is 15.5. The van der Waals surface area contributed by atoms with Crippen molar-refractivity contribution in [2.24, 2.45) is 5.41 Å². The number of hydrogen-bond acceptors (Lipinski definition) is 3. The molecule has 1 aromatic carbocycles. The van der Waals surface area contributed by atoms with E-state index in [0.29, 0.717) is 16.0 Å². The molecular formula is C28H32ClN3O. The summed E-state index contributed by atoms with van der Waals surface area (Å²) in [7, 11) is 0. The number of amides is 1. The van der Waals surface area contributed by atoms with E-state index < -0.39 is 0 Å². The number of carbonyl (C=O) groups is 1. The molecule has 1 saturated heterocycles. The zero-order valence-corrected chi connectivity index (χ0v) is 20.9. The van der Waals surface area contributed by atoms with E-state index in [1.165, 1.54) is 0 Å². The minimum Gasteiger partial charge on any atom is -0.339 e. The molecule has 0 spiro atoms. The molecule has 1 aliphatic heterocycles. The minimum atomic E-state index is -0.0309. The van der Waals surface area contributed by atoms with Crippen LogP contribution in [-0.2, 0) is 5.41 Å². The second kappa shape index (κ2) is 8.90. The van der Waals surface area contributed by atoms with Crippen LogP contribution in [0.15, 0.2) is 55.0 Å². The van der Waals surface area contributed by atoms with Gasteiger partial charge in [0.2, 0.25) is 0 Å².